The Balaban J connectivity index is 3.15. The Bertz CT molecular complexity index is 224. The fraction of sp³-hybridized carbons (Fsp3) is 0. The second kappa shape index (κ2) is 1.88. The summed E-state index contributed by atoms with van der Waals surface area (Å²) in [5.74, 6) is 0. The fourth-order valence-corrected chi connectivity index (χ4v) is 0.851. The molecule has 0 spiro atoms. The normalized spacial score (nSPS) is 8.50. The van der Waals surface area contributed by atoms with Gasteiger partial charge in [0.15, 0.2) is 6.07 Å². The molecule has 0 unspecified atom stereocenters. The topological polar surface area (TPSA) is 27.7 Å². The van der Waals surface area contributed by atoms with Crippen LogP contribution in [0.3, 0.4) is 0 Å². The summed E-state index contributed by atoms with van der Waals surface area (Å²) in [6, 6.07) is 1.68. The maximum atomic E-state index is 12.1. The van der Waals surface area contributed by atoms with E-state index in [4.69, 9.17) is 5.26 Å². The van der Waals surface area contributed by atoms with Gasteiger partial charge in [0.1, 0.15) is 0 Å². The average Bonchev–Trinajstić information content (AvgIpc) is 2.14. The zero-order chi connectivity index (χ0) is 5.98. The number of aromatic nitrogens is 1. The van der Waals surface area contributed by atoms with Crippen molar-refractivity contribution in [3.8, 4) is 6.07 Å². The lowest BCUT2D eigenvalue weighted by Gasteiger charge is -1.61. The van der Waals surface area contributed by atoms with Crippen molar-refractivity contribution < 1.29 is 9.27 Å². The highest BCUT2D eigenvalue weighted by Crippen LogP contribution is 1.97. The van der Waals surface area contributed by atoms with Gasteiger partial charge in [0.2, 0.25) is 6.20 Å². The van der Waals surface area contributed by atoms with Crippen LogP contribution in [0.25, 0.3) is 0 Å². The van der Waals surface area contributed by atoms with E-state index in [2.05, 4.69) is 0 Å². The molecule has 1 aromatic heterocycles. The van der Waals surface area contributed by atoms with Crippen LogP contribution < -0.4 is 4.79 Å². The molecule has 0 aliphatic rings. The molecule has 0 aromatic carbocycles. The Morgan fingerprint density at radius 2 is 2.62 bits per heavy atom. The second-order valence-corrected chi connectivity index (χ2v) is 2.03. The molecule has 0 saturated carbocycles. The van der Waals surface area contributed by atoms with Crippen molar-refractivity contribution >= 4 is 11.3 Å². The first kappa shape index (κ1) is 5.19. The highest BCUT2D eigenvalue weighted by atomic mass is 32.1. The van der Waals surface area contributed by atoms with Crippen LogP contribution in [0.15, 0.2) is 11.6 Å². The van der Waals surface area contributed by atoms with Crippen molar-refractivity contribution in [2.45, 2.75) is 0 Å². The van der Waals surface area contributed by atoms with Gasteiger partial charge in [-0.2, -0.15) is 5.26 Å². The molecule has 2 nitrogen and oxygen atoms in total. The smallest absolute Gasteiger partial charge is 0.185 e. The minimum Gasteiger partial charge on any atom is -0.185 e. The molecule has 1 aromatic rings. The first-order valence-electron chi connectivity index (χ1n) is 1.90. The van der Waals surface area contributed by atoms with Gasteiger partial charge >= 0.3 is 5.01 Å². The molecule has 4 heteroatoms. The molecular weight excluding hydrogens is 127 g/mol. The molecule has 0 atom stereocenters. The molecule has 0 amide bonds. The minimum atomic E-state index is 0.0741. The molecule has 1 rings (SSSR count). The standard InChI is InChI=1S/C4H2FN2S/c5-7-1-2-8-4(7)3-6/h1-2H/q+1. The van der Waals surface area contributed by atoms with Crippen LogP contribution >= 0.6 is 11.3 Å². The van der Waals surface area contributed by atoms with E-state index in [1.165, 1.54) is 11.6 Å². The molecule has 8 heavy (non-hydrogen) atoms. The predicted molar refractivity (Wildman–Crippen MR) is 25.7 cm³/mol. The summed E-state index contributed by atoms with van der Waals surface area (Å²) < 4.78 is 12.1. The highest BCUT2D eigenvalue weighted by molar-refractivity contribution is 7.09. The molecular formula is C4H2FN2S+. The molecule has 0 aliphatic heterocycles. The largest absolute Gasteiger partial charge is 0.386 e. The SMILES string of the molecule is N#Cc1scc[n+]1F. The summed E-state index contributed by atoms with van der Waals surface area (Å²) in [4.78, 5) is 0.296. The van der Waals surface area contributed by atoms with E-state index in [1.54, 1.807) is 6.07 Å². The number of nitriles is 1. The van der Waals surface area contributed by atoms with Crippen LogP contribution in [0.5, 0.6) is 0 Å². The summed E-state index contributed by atoms with van der Waals surface area (Å²) in [6.07, 6.45) is 1.20. The number of halogens is 1. The maximum absolute atomic E-state index is 12.1. The number of hydrogen-bond donors (Lipinski definition) is 0. The van der Waals surface area contributed by atoms with Crippen molar-refractivity contribution in [1.29, 1.82) is 5.26 Å². The lowest BCUT2D eigenvalue weighted by molar-refractivity contribution is -0.841. The fourth-order valence-electron chi connectivity index (χ4n) is 0.340. The zero-order valence-electron chi connectivity index (χ0n) is 3.84. The third-order valence-electron chi connectivity index (χ3n) is 0.661. The average molecular weight is 129 g/mol. The van der Waals surface area contributed by atoms with Crippen LogP contribution in [0.4, 0.5) is 4.48 Å². The van der Waals surface area contributed by atoms with E-state index in [0.29, 0.717) is 4.79 Å². The Morgan fingerprint density at radius 1 is 1.88 bits per heavy atom. The Kier molecular flexibility index (Phi) is 1.22. The van der Waals surface area contributed by atoms with Crippen LogP contribution in [0.1, 0.15) is 5.01 Å². The third kappa shape index (κ3) is 0.678. The van der Waals surface area contributed by atoms with Crippen LogP contribution in [0.2, 0.25) is 0 Å². The number of rotatable bonds is 0. The van der Waals surface area contributed by atoms with Gasteiger partial charge in [-0.1, -0.05) is 11.3 Å². The summed E-state index contributed by atoms with van der Waals surface area (Å²) >= 11 is 1.08. The molecule has 0 bridgehead atoms. The molecule has 1 heterocycles. The van der Waals surface area contributed by atoms with Gasteiger partial charge in [0.25, 0.3) is 0 Å². The first-order valence-corrected chi connectivity index (χ1v) is 2.78. The van der Waals surface area contributed by atoms with E-state index in [1.807, 2.05) is 0 Å². The lowest BCUT2D eigenvalue weighted by Crippen LogP contribution is -2.21. The quantitative estimate of drug-likeness (QED) is 0.505. The van der Waals surface area contributed by atoms with E-state index >= 15 is 0 Å². The minimum absolute atomic E-state index is 0.0741. The number of hydrogen-bond acceptors (Lipinski definition) is 2. The lowest BCUT2D eigenvalue weighted by atomic mass is 10.8. The first-order chi connectivity index (χ1) is 3.84. The summed E-state index contributed by atoms with van der Waals surface area (Å²) in [6.45, 7) is 0. The van der Waals surface area contributed by atoms with Crippen molar-refractivity contribution in [3.63, 3.8) is 0 Å². The second-order valence-electron chi connectivity index (χ2n) is 1.13. The summed E-state index contributed by atoms with van der Waals surface area (Å²) in [7, 11) is 0. The molecule has 0 radical (unpaired) electrons. The van der Waals surface area contributed by atoms with Crippen LogP contribution in [-0.2, 0) is 0 Å². The highest BCUT2D eigenvalue weighted by Gasteiger charge is 2.09. The van der Waals surface area contributed by atoms with Crippen molar-refractivity contribution in [2.75, 3.05) is 0 Å². The molecule has 0 saturated heterocycles. The van der Waals surface area contributed by atoms with Gasteiger partial charge in [-0.05, 0) is 0 Å². The predicted octanol–water partition coefficient (Wildman–Crippen LogP) is 0.640. The monoisotopic (exact) mass is 129 g/mol. The van der Waals surface area contributed by atoms with Gasteiger partial charge in [0.05, 0.1) is 9.86 Å². The van der Waals surface area contributed by atoms with Gasteiger partial charge in [-0.15, -0.1) is 0 Å². The van der Waals surface area contributed by atoms with Gasteiger partial charge in [-0.3, -0.25) is 0 Å². The van der Waals surface area contributed by atoms with Crippen LogP contribution in [0, 0.1) is 11.3 Å². The Hall–Kier alpha value is -0.950. The van der Waals surface area contributed by atoms with Crippen molar-refractivity contribution in [2.24, 2.45) is 0 Å². The zero-order valence-corrected chi connectivity index (χ0v) is 4.65. The Labute approximate surface area is 49.4 Å². The Morgan fingerprint density at radius 3 is 2.88 bits per heavy atom. The summed E-state index contributed by atoms with van der Waals surface area (Å²) in [5.41, 5.74) is 0. The van der Waals surface area contributed by atoms with E-state index < -0.39 is 0 Å². The van der Waals surface area contributed by atoms with Crippen molar-refractivity contribution in [3.05, 3.63) is 16.6 Å². The number of thiazole rings is 1. The molecule has 0 aliphatic carbocycles. The van der Waals surface area contributed by atoms with E-state index in [0.717, 1.165) is 11.3 Å². The van der Waals surface area contributed by atoms with E-state index in [9.17, 15) is 4.48 Å². The molecule has 0 N–H and O–H groups in total. The van der Waals surface area contributed by atoms with Crippen molar-refractivity contribution in [1.82, 2.24) is 0 Å². The summed E-state index contributed by atoms with van der Waals surface area (Å²) in [5, 5.41) is 9.69. The van der Waals surface area contributed by atoms with E-state index in [-0.39, 0.29) is 5.01 Å². The third-order valence-corrected chi connectivity index (χ3v) is 1.41. The van der Waals surface area contributed by atoms with Gasteiger partial charge in [0, 0.05) is 4.79 Å². The number of nitrogens with zero attached hydrogens (tertiary/aromatic N) is 2. The van der Waals surface area contributed by atoms with Gasteiger partial charge in [-0.25, -0.2) is 0 Å². The van der Waals surface area contributed by atoms with Crippen LogP contribution in [-0.4, -0.2) is 0 Å². The maximum Gasteiger partial charge on any atom is 0.386 e. The van der Waals surface area contributed by atoms with Gasteiger partial charge < -0.3 is 0 Å². The molecule has 40 valence electrons. The molecule has 0 fully saturated rings.